The van der Waals surface area contributed by atoms with Gasteiger partial charge in [-0.3, -0.25) is 4.79 Å². The number of nitrogens with zero attached hydrogens (tertiary/aromatic N) is 1. The first-order valence-corrected chi connectivity index (χ1v) is 10.4. The molecule has 27 heavy (non-hydrogen) atoms. The fourth-order valence-corrected chi connectivity index (χ4v) is 4.22. The molecule has 0 aliphatic rings. The SMILES string of the molecule is CCN(CC)S(=O)(=O)c1ccc(CCC(=O)Nc2ccccc2OC)cc1. The van der Waals surface area contributed by atoms with Crippen molar-refractivity contribution in [3.63, 3.8) is 0 Å². The van der Waals surface area contributed by atoms with Gasteiger partial charge in [-0.15, -0.1) is 0 Å². The summed E-state index contributed by atoms with van der Waals surface area (Å²) in [6.07, 6.45) is 0.812. The minimum atomic E-state index is -3.46. The van der Waals surface area contributed by atoms with E-state index in [1.54, 1.807) is 43.5 Å². The largest absolute Gasteiger partial charge is 0.495 e. The summed E-state index contributed by atoms with van der Waals surface area (Å²) in [6.45, 7) is 4.50. The number of methoxy groups -OCH3 is 1. The molecule has 0 aliphatic carbocycles. The predicted molar refractivity (Wildman–Crippen MR) is 106 cm³/mol. The van der Waals surface area contributed by atoms with Gasteiger partial charge in [0.1, 0.15) is 5.75 Å². The van der Waals surface area contributed by atoms with Crippen molar-refractivity contribution in [3.05, 3.63) is 54.1 Å². The van der Waals surface area contributed by atoms with E-state index in [4.69, 9.17) is 4.74 Å². The first kappa shape index (κ1) is 20.9. The monoisotopic (exact) mass is 390 g/mol. The molecule has 0 heterocycles. The summed E-state index contributed by atoms with van der Waals surface area (Å²) in [5.74, 6) is 0.483. The van der Waals surface area contributed by atoms with Crippen molar-refractivity contribution in [1.82, 2.24) is 4.31 Å². The van der Waals surface area contributed by atoms with Gasteiger partial charge in [0.2, 0.25) is 15.9 Å². The van der Waals surface area contributed by atoms with Gasteiger partial charge in [-0.1, -0.05) is 38.1 Å². The van der Waals surface area contributed by atoms with Gasteiger partial charge in [0.25, 0.3) is 0 Å². The molecule has 0 spiro atoms. The zero-order chi connectivity index (χ0) is 19.9. The molecule has 2 aromatic carbocycles. The number of anilines is 1. The molecular weight excluding hydrogens is 364 g/mol. The average molecular weight is 391 g/mol. The van der Waals surface area contributed by atoms with Crippen LogP contribution in [0.5, 0.6) is 5.75 Å². The third-order valence-corrected chi connectivity index (χ3v) is 6.35. The number of hydrogen-bond donors (Lipinski definition) is 1. The minimum absolute atomic E-state index is 0.126. The van der Waals surface area contributed by atoms with Crippen LogP contribution in [-0.2, 0) is 21.2 Å². The number of rotatable bonds is 9. The number of benzene rings is 2. The number of para-hydroxylation sites is 2. The van der Waals surface area contributed by atoms with Crippen molar-refractivity contribution in [3.8, 4) is 5.75 Å². The molecule has 0 fully saturated rings. The maximum Gasteiger partial charge on any atom is 0.243 e. The summed E-state index contributed by atoms with van der Waals surface area (Å²) in [5.41, 5.74) is 1.54. The van der Waals surface area contributed by atoms with Crippen molar-refractivity contribution in [2.24, 2.45) is 0 Å². The lowest BCUT2D eigenvalue weighted by Crippen LogP contribution is -2.30. The highest BCUT2D eigenvalue weighted by Gasteiger charge is 2.21. The maximum atomic E-state index is 12.5. The highest BCUT2D eigenvalue weighted by molar-refractivity contribution is 7.89. The summed E-state index contributed by atoms with van der Waals surface area (Å²) in [6, 6.07) is 13.9. The van der Waals surface area contributed by atoms with Gasteiger partial charge in [-0.2, -0.15) is 4.31 Å². The third-order valence-electron chi connectivity index (χ3n) is 4.29. The fourth-order valence-electron chi connectivity index (χ4n) is 2.76. The normalized spacial score (nSPS) is 11.4. The highest BCUT2D eigenvalue weighted by Crippen LogP contribution is 2.23. The number of carbonyl (C=O) groups is 1. The maximum absolute atomic E-state index is 12.5. The first-order valence-electron chi connectivity index (χ1n) is 8.94. The van der Waals surface area contributed by atoms with E-state index in [1.807, 2.05) is 26.0 Å². The number of ether oxygens (including phenoxy) is 1. The van der Waals surface area contributed by atoms with Gasteiger partial charge in [-0.05, 0) is 36.2 Å². The van der Waals surface area contributed by atoms with E-state index in [0.29, 0.717) is 37.4 Å². The Bertz CT molecular complexity index is 860. The van der Waals surface area contributed by atoms with Crippen molar-refractivity contribution < 1.29 is 17.9 Å². The molecule has 0 bridgehead atoms. The van der Waals surface area contributed by atoms with E-state index in [2.05, 4.69) is 5.32 Å². The van der Waals surface area contributed by atoms with Crippen molar-refractivity contribution in [2.45, 2.75) is 31.6 Å². The van der Waals surface area contributed by atoms with Crippen LogP contribution >= 0.6 is 0 Å². The van der Waals surface area contributed by atoms with Gasteiger partial charge < -0.3 is 10.1 Å². The molecule has 146 valence electrons. The lowest BCUT2D eigenvalue weighted by atomic mass is 10.1. The second-order valence-electron chi connectivity index (χ2n) is 5.98. The number of amides is 1. The van der Waals surface area contributed by atoms with Crippen LogP contribution < -0.4 is 10.1 Å². The Hall–Kier alpha value is -2.38. The predicted octanol–water partition coefficient (Wildman–Crippen LogP) is 3.30. The van der Waals surface area contributed by atoms with Crippen LogP contribution in [0.3, 0.4) is 0 Å². The third kappa shape index (κ3) is 5.30. The molecule has 1 amide bonds. The lowest BCUT2D eigenvalue weighted by Gasteiger charge is -2.18. The van der Waals surface area contributed by atoms with Gasteiger partial charge in [0.15, 0.2) is 0 Å². The smallest absolute Gasteiger partial charge is 0.243 e. The molecular formula is C20H26N2O4S. The number of carbonyl (C=O) groups excluding carboxylic acids is 1. The molecule has 7 heteroatoms. The van der Waals surface area contributed by atoms with Crippen LogP contribution in [0.4, 0.5) is 5.69 Å². The molecule has 0 radical (unpaired) electrons. The van der Waals surface area contributed by atoms with E-state index >= 15 is 0 Å². The Labute approximate surface area is 161 Å². The van der Waals surface area contributed by atoms with E-state index in [0.717, 1.165) is 5.56 Å². The number of sulfonamides is 1. The molecule has 1 N–H and O–H groups in total. The second kappa shape index (κ2) is 9.53. The Morgan fingerprint density at radius 1 is 1.04 bits per heavy atom. The Balaban J connectivity index is 1.98. The molecule has 2 rings (SSSR count). The number of nitrogens with one attached hydrogen (secondary N) is 1. The second-order valence-corrected chi connectivity index (χ2v) is 7.92. The van der Waals surface area contributed by atoms with Crippen molar-refractivity contribution in [2.75, 3.05) is 25.5 Å². The van der Waals surface area contributed by atoms with E-state index in [9.17, 15) is 13.2 Å². The van der Waals surface area contributed by atoms with Gasteiger partial charge in [-0.25, -0.2) is 8.42 Å². The summed E-state index contributed by atoms with van der Waals surface area (Å²) < 4.78 is 31.6. The first-order chi connectivity index (χ1) is 12.9. The zero-order valence-corrected chi connectivity index (χ0v) is 16.8. The molecule has 0 unspecified atom stereocenters. The minimum Gasteiger partial charge on any atom is -0.495 e. The Morgan fingerprint density at radius 3 is 2.26 bits per heavy atom. The van der Waals surface area contributed by atoms with E-state index in [1.165, 1.54) is 4.31 Å². The van der Waals surface area contributed by atoms with Crippen LogP contribution in [-0.4, -0.2) is 38.8 Å². The van der Waals surface area contributed by atoms with Crippen LogP contribution in [0.15, 0.2) is 53.4 Å². The standard InChI is InChI=1S/C20H26N2O4S/c1-4-22(5-2)27(24,25)17-13-10-16(11-14-17)12-15-20(23)21-18-8-6-7-9-19(18)26-3/h6-11,13-14H,4-5,12,15H2,1-3H3,(H,21,23). The molecule has 2 aromatic rings. The quantitative estimate of drug-likeness (QED) is 0.713. The van der Waals surface area contributed by atoms with Crippen LogP contribution in [0.2, 0.25) is 0 Å². The van der Waals surface area contributed by atoms with Crippen molar-refractivity contribution >= 4 is 21.6 Å². The summed E-state index contributed by atoms with van der Waals surface area (Å²) in [4.78, 5) is 12.4. The highest BCUT2D eigenvalue weighted by atomic mass is 32.2. The van der Waals surface area contributed by atoms with Crippen LogP contribution in [0.25, 0.3) is 0 Å². The molecule has 0 aliphatic heterocycles. The molecule has 0 saturated heterocycles. The number of aryl methyl sites for hydroxylation is 1. The fraction of sp³-hybridized carbons (Fsp3) is 0.350. The van der Waals surface area contributed by atoms with Gasteiger partial charge in [0, 0.05) is 19.5 Å². The molecule has 0 atom stereocenters. The van der Waals surface area contributed by atoms with Gasteiger partial charge in [0.05, 0.1) is 17.7 Å². The van der Waals surface area contributed by atoms with E-state index < -0.39 is 10.0 Å². The Morgan fingerprint density at radius 2 is 1.67 bits per heavy atom. The molecule has 0 aromatic heterocycles. The Kier molecular flexibility index (Phi) is 7.38. The van der Waals surface area contributed by atoms with Crippen molar-refractivity contribution in [1.29, 1.82) is 0 Å². The zero-order valence-electron chi connectivity index (χ0n) is 15.9. The summed E-state index contributed by atoms with van der Waals surface area (Å²) >= 11 is 0. The topological polar surface area (TPSA) is 75.7 Å². The average Bonchev–Trinajstić information content (AvgIpc) is 2.68. The number of hydrogen-bond acceptors (Lipinski definition) is 4. The summed E-state index contributed by atoms with van der Waals surface area (Å²) in [5, 5.41) is 2.83. The van der Waals surface area contributed by atoms with Crippen LogP contribution in [0.1, 0.15) is 25.8 Å². The van der Waals surface area contributed by atoms with Gasteiger partial charge >= 0.3 is 0 Å². The molecule has 0 saturated carbocycles. The lowest BCUT2D eigenvalue weighted by molar-refractivity contribution is -0.116. The van der Waals surface area contributed by atoms with E-state index in [-0.39, 0.29) is 10.8 Å². The summed E-state index contributed by atoms with van der Waals surface area (Å²) in [7, 11) is -1.90. The van der Waals surface area contributed by atoms with Crippen LogP contribution in [0, 0.1) is 0 Å². The molecule has 6 nitrogen and oxygen atoms in total.